The van der Waals surface area contributed by atoms with Crippen molar-refractivity contribution in [3.63, 3.8) is 0 Å². The van der Waals surface area contributed by atoms with E-state index in [-0.39, 0.29) is 34.1 Å². The van der Waals surface area contributed by atoms with Gasteiger partial charge >= 0.3 is 21.8 Å². The largest absolute Gasteiger partial charge is 0 e. The fourth-order valence-electron chi connectivity index (χ4n) is 0. The average molecular weight is 252 g/mol. The first kappa shape index (κ1) is 17.6. The van der Waals surface area contributed by atoms with Crippen LogP contribution in [0.1, 0.15) is 0 Å². The van der Waals surface area contributed by atoms with Crippen LogP contribution in [0.2, 0.25) is 5.82 Å². The Morgan fingerprint density at radius 3 is 1.00 bits per heavy atom. The molecular formula is CH3Se3. The predicted octanol–water partition coefficient (Wildman–Crippen LogP) is -0.559. The van der Waals surface area contributed by atoms with Gasteiger partial charge in [0.05, 0.1) is 0 Å². The molecular weight excluding hydrogens is 249 g/mol. The van der Waals surface area contributed by atoms with Crippen LogP contribution in [0.25, 0.3) is 0 Å². The van der Waals surface area contributed by atoms with Gasteiger partial charge < -0.3 is 0 Å². The molecule has 0 aromatic heterocycles. The topological polar surface area (TPSA) is 0 Å². The Kier molecular flexibility index (Phi) is 105. The molecule has 0 amide bonds. The van der Waals surface area contributed by atoms with Crippen LogP contribution in [0.15, 0.2) is 0 Å². The number of hydrogen-bond donors (Lipinski definition) is 0. The maximum absolute atomic E-state index is 2.62. The molecule has 4 heavy (non-hydrogen) atoms. The summed E-state index contributed by atoms with van der Waals surface area (Å²) in [4.78, 5) is 0. The first-order valence-corrected chi connectivity index (χ1v) is 2.12. The molecule has 0 unspecified atom stereocenters. The van der Waals surface area contributed by atoms with Crippen LogP contribution in [-0.2, 0) is 0 Å². The second kappa shape index (κ2) is 23.8. The fourth-order valence-corrected chi connectivity index (χ4v) is 0. The Balaban J connectivity index is -0.00000000500. The van der Waals surface area contributed by atoms with Crippen LogP contribution in [-0.4, -0.2) is 50.2 Å². The van der Waals surface area contributed by atoms with E-state index < -0.39 is 0 Å². The van der Waals surface area contributed by atoms with E-state index in [1.165, 1.54) is 0 Å². The minimum atomic E-state index is 0. The van der Waals surface area contributed by atoms with Gasteiger partial charge in [0.2, 0.25) is 0 Å². The Labute approximate surface area is 55.9 Å². The van der Waals surface area contributed by atoms with E-state index in [1.807, 2.05) is 5.82 Å². The van der Waals surface area contributed by atoms with Crippen LogP contribution in [0.3, 0.4) is 0 Å². The molecule has 0 rings (SSSR count). The molecule has 3 heteroatoms. The smallest absolute Gasteiger partial charge is 0 e. The van der Waals surface area contributed by atoms with E-state index in [1.54, 1.807) is 0 Å². The quantitative estimate of drug-likeness (QED) is 0.507. The second-order valence-corrected chi connectivity index (χ2v) is 0. The van der Waals surface area contributed by atoms with E-state index in [9.17, 15) is 0 Å². The average Bonchev–Trinajstić information content (AvgIpc) is 1.00. The van der Waals surface area contributed by atoms with Crippen molar-refractivity contribution < 1.29 is 0 Å². The van der Waals surface area contributed by atoms with Crippen molar-refractivity contribution in [3.05, 3.63) is 0 Å². The number of rotatable bonds is 0. The van der Waals surface area contributed by atoms with Crippen molar-refractivity contribution in [2.75, 3.05) is 0 Å². The van der Waals surface area contributed by atoms with Gasteiger partial charge in [0, 0.05) is 34.1 Å². The summed E-state index contributed by atoms with van der Waals surface area (Å²) in [6.45, 7) is 0. The van der Waals surface area contributed by atoms with Gasteiger partial charge in [0.25, 0.3) is 0 Å². The van der Waals surface area contributed by atoms with Gasteiger partial charge in [-0.15, -0.1) is 0 Å². The van der Waals surface area contributed by atoms with E-state index in [2.05, 4.69) is 16.0 Å². The molecule has 0 saturated carbocycles. The zero-order valence-electron chi connectivity index (χ0n) is 2.22. The molecule has 0 heterocycles. The summed E-state index contributed by atoms with van der Waals surface area (Å²) in [5.74, 6) is 1.88. The van der Waals surface area contributed by atoms with Crippen LogP contribution >= 0.6 is 0 Å². The zero-order chi connectivity index (χ0) is 2.00. The normalized spacial score (nSPS) is 1.50. The summed E-state index contributed by atoms with van der Waals surface area (Å²) in [6, 6.07) is 0. The van der Waals surface area contributed by atoms with Gasteiger partial charge in [-0.2, -0.15) is 0 Å². The van der Waals surface area contributed by atoms with Crippen molar-refractivity contribution in [1.29, 1.82) is 0 Å². The Hall–Kier alpha value is 1.56. The molecule has 0 aliphatic rings. The molecule has 0 atom stereocenters. The van der Waals surface area contributed by atoms with Crippen molar-refractivity contribution >= 4 is 50.2 Å². The van der Waals surface area contributed by atoms with Gasteiger partial charge in [0.15, 0.2) is 0 Å². The monoisotopic (exact) mass is 255 g/mol. The van der Waals surface area contributed by atoms with Gasteiger partial charge in [-0.1, -0.05) is 0 Å². The summed E-state index contributed by atoms with van der Waals surface area (Å²) >= 11 is 2.62. The second-order valence-electron chi connectivity index (χ2n) is 0. The van der Waals surface area contributed by atoms with Crippen LogP contribution in [0.4, 0.5) is 0 Å². The molecule has 0 nitrogen and oxygen atoms in total. The standard InChI is InChI=1S/CH3Se.2Se/c1-2;;/h1H3;;. The van der Waals surface area contributed by atoms with E-state index >= 15 is 0 Å². The van der Waals surface area contributed by atoms with Gasteiger partial charge in [-0.25, -0.2) is 0 Å². The van der Waals surface area contributed by atoms with E-state index in [0.717, 1.165) is 0 Å². The third kappa shape index (κ3) is 9.59. The molecule has 0 fully saturated rings. The summed E-state index contributed by atoms with van der Waals surface area (Å²) < 4.78 is 0. The molecule has 0 aromatic carbocycles. The Morgan fingerprint density at radius 1 is 1.00 bits per heavy atom. The van der Waals surface area contributed by atoms with Crippen molar-refractivity contribution in [2.45, 2.75) is 5.82 Å². The van der Waals surface area contributed by atoms with E-state index in [4.69, 9.17) is 0 Å². The summed E-state index contributed by atoms with van der Waals surface area (Å²) in [6.07, 6.45) is 0. The Bertz CT molecular complexity index is 3.25. The molecule has 0 spiro atoms. The SMILES string of the molecule is C[Se].[Se].[Se]. The van der Waals surface area contributed by atoms with Gasteiger partial charge in [0.1, 0.15) is 0 Å². The molecule has 25 valence electrons. The van der Waals surface area contributed by atoms with Crippen molar-refractivity contribution in [1.82, 2.24) is 0 Å². The molecule has 0 aliphatic carbocycles. The zero-order valence-corrected chi connectivity index (χ0v) is 7.36. The molecule has 5 radical (unpaired) electrons. The summed E-state index contributed by atoms with van der Waals surface area (Å²) in [7, 11) is 0. The Morgan fingerprint density at radius 2 is 1.00 bits per heavy atom. The van der Waals surface area contributed by atoms with Gasteiger partial charge in [-0.3, -0.25) is 0 Å². The van der Waals surface area contributed by atoms with Gasteiger partial charge in [-0.05, 0) is 0 Å². The predicted molar refractivity (Wildman–Crippen MR) is 23.1 cm³/mol. The minimum absolute atomic E-state index is 0. The molecule has 0 aromatic rings. The maximum atomic E-state index is 2.62. The number of hydrogen-bond acceptors (Lipinski definition) is 0. The van der Waals surface area contributed by atoms with Crippen LogP contribution < -0.4 is 0 Å². The summed E-state index contributed by atoms with van der Waals surface area (Å²) in [5.41, 5.74) is 0. The van der Waals surface area contributed by atoms with E-state index in [0.29, 0.717) is 0 Å². The maximum Gasteiger partial charge on any atom is 0 e. The van der Waals surface area contributed by atoms with Crippen LogP contribution in [0.5, 0.6) is 0 Å². The molecule has 0 bridgehead atoms. The molecule has 0 saturated heterocycles. The minimum Gasteiger partial charge on any atom is 0 e. The third-order valence-corrected chi connectivity index (χ3v) is 0. The van der Waals surface area contributed by atoms with Crippen molar-refractivity contribution in [2.24, 2.45) is 0 Å². The fraction of sp³-hybridized carbons (Fsp3) is 1.00. The molecule has 0 aliphatic heterocycles. The molecule has 0 N–H and O–H groups in total. The van der Waals surface area contributed by atoms with Crippen molar-refractivity contribution in [3.8, 4) is 0 Å². The first-order valence-electron chi connectivity index (χ1n) is 0.408. The van der Waals surface area contributed by atoms with Crippen LogP contribution in [0, 0.1) is 0 Å². The summed E-state index contributed by atoms with van der Waals surface area (Å²) in [5, 5.41) is 0. The third-order valence-electron chi connectivity index (χ3n) is 0. The first-order chi connectivity index (χ1) is 1.00.